The first kappa shape index (κ1) is 13.5. The third kappa shape index (κ3) is 3.17. The van der Waals surface area contributed by atoms with E-state index in [0.29, 0.717) is 13.0 Å². The molecule has 0 saturated carbocycles. The van der Waals surface area contributed by atoms with Crippen LogP contribution in [0.3, 0.4) is 0 Å². The van der Waals surface area contributed by atoms with E-state index in [0.717, 1.165) is 16.9 Å². The molecule has 1 aromatic carbocycles. The Hall–Kier alpha value is -2.47. The summed E-state index contributed by atoms with van der Waals surface area (Å²) >= 11 is 5.70. The summed E-state index contributed by atoms with van der Waals surface area (Å²) in [4.78, 5) is 27.2. The molecule has 0 atom stereocenters. The number of nitrogens with one attached hydrogen (secondary N) is 2. The van der Waals surface area contributed by atoms with Crippen molar-refractivity contribution in [1.29, 1.82) is 0 Å². The SMILES string of the molecule is O=C(NCCc1nc2ccccc2[nH]1)c1cncc(Cl)n1. The van der Waals surface area contributed by atoms with Gasteiger partial charge in [-0.15, -0.1) is 0 Å². The molecule has 0 aliphatic heterocycles. The van der Waals surface area contributed by atoms with Gasteiger partial charge >= 0.3 is 0 Å². The monoisotopic (exact) mass is 301 g/mol. The minimum Gasteiger partial charge on any atom is -0.350 e. The standard InChI is InChI=1S/C14H12ClN5O/c15-12-8-16-7-11(18-12)14(21)17-6-5-13-19-9-3-1-2-4-10(9)20-13/h1-4,7-8H,5-6H2,(H,17,21)(H,19,20). The Morgan fingerprint density at radius 3 is 2.90 bits per heavy atom. The van der Waals surface area contributed by atoms with Crippen LogP contribution in [0.1, 0.15) is 16.3 Å². The van der Waals surface area contributed by atoms with Crippen LogP contribution in [-0.4, -0.2) is 32.4 Å². The number of halogens is 1. The molecule has 0 bridgehead atoms. The third-order valence-corrected chi connectivity index (χ3v) is 3.11. The van der Waals surface area contributed by atoms with Crippen molar-refractivity contribution < 1.29 is 4.79 Å². The van der Waals surface area contributed by atoms with Crippen LogP contribution in [0.2, 0.25) is 5.15 Å². The van der Waals surface area contributed by atoms with Gasteiger partial charge in [-0.05, 0) is 12.1 Å². The van der Waals surface area contributed by atoms with Crippen molar-refractivity contribution in [3.8, 4) is 0 Å². The van der Waals surface area contributed by atoms with E-state index in [4.69, 9.17) is 11.6 Å². The molecule has 0 unspecified atom stereocenters. The number of H-pyrrole nitrogens is 1. The van der Waals surface area contributed by atoms with Crippen molar-refractivity contribution in [3.05, 3.63) is 53.3 Å². The van der Waals surface area contributed by atoms with Gasteiger partial charge in [0.25, 0.3) is 5.91 Å². The van der Waals surface area contributed by atoms with Gasteiger partial charge < -0.3 is 10.3 Å². The van der Waals surface area contributed by atoms with Crippen LogP contribution in [-0.2, 0) is 6.42 Å². The number of benzene rings is 1. The number of aromatic amines is 1. The molecule has 1 amide bonds. The van der Waals surface area contributed by atoms with E-state index in [1.54, 1.807) is 0 Å². The van der Waals surface area contributed by atoms with Gasteiger partial charge in [0, 0.05) is 13.0 Å². The Morgan fingerprint density at radius 1 is 1.24 bits per heavy atom. The van der Waals surface area contributed by atoms with Crippen LogP contribution in [0.4, 0.5) is 0 Å². The highest BCUT2D eigenvalue weighted by Crippen LogP contribution is 2.10. The summed E-state index contributed by atoms with van der Waals surface area (Å²) in [5, 5.41) is 2.95. The van der Waals surface area contributed by atoms with Gasteiger partial charge in [-0.3, -0.25) is 9.78 Å². The number of fused-ring (bicyclic) bond motifs is 1. The number of carbonyl (C=O) groups is 1. The zero-order valence-electron chi connectivity index (χ0n) is 11.0. The molecule has 3 rings (SSSR count). The number of rotatable bonds is 4. The lowest BCUT2D eigenvalue weighted by molar-refractivity contribution is 0.0948. The second kappa shape index (κ2) is 5.88. The van der Waals surface area contributed by atoms with Gasteiger partial charge in [0.2, 0.25) is 0 Å². The first-order valence-corrected chi connectivity index (χ1v) is 6.79. The summed E-state index contributed by atoms with van der Waals surface area (Å²) in [6, 6.07) is 7.79. The fourth-order valence-electron chi connectivity index (χ4n) is 1.96. The number of carbonyl (C=O) groups excluding carboxylic acids is 1. The van der Waals surface area contributed by atoms with E-state index >= 15 is 0 Å². The van der Waals surface area contributed by atoms with E-state index in [2.05, 4.69) is 25.3 Å². The molecule has 21 heavy (non-hydrogen) atoms. The summed E-state index contributed by atoms with van der Waals surface area (Å²) in [7, 11) is 0. The number of nitrogens with zero attached hydrogens (tertiary/aromatic N) is 3. The number of imidazole rings is 1. The highest BCUT2D eigenvalue weighted by atomic mass is 35.5. The second-order valence-electron chi connectivity index (χ2n) is 4.43. The lowest BCUT2D eigenvalue weighted by Gasteiger charge is -2.03. The Bertz CT molecular complexity index is 753. The van der Waals surface area contributed by atoms with Crippen LogP contribution in [0.5, 0.6) is 0 Å². The van der Waals surface area contributed by atoms with Gasteiger partial charge in [0.05, 0.1) is 23.4 Å². The molecule has 106 valence electrons. The van der Waals surface area contributed by atoms with Gasteiger partial charge in [0.15, 0.2) is 0 Å². The zero-order valence-corrected chi connectivity index (χ0v) is 11.8. The molecule has 2 aromatic heterocycles. The van der Waals surface area contributed by atoms with E-state index in [-0.39, 0.29) is 16.8 Å². The van der Waals surface area contributed by atoms with Gasteiger partial charge in [-0.25, -0.2) is 9.97 Å². The molecule has 0 spiro atoms. The normalized spacial score (nSPS) is 10.7. The highest BCUT2D eigenvalue weighted by molar-refractivity contribution is 6.29. The smallest absolute Gasteiger partial charge is 0.271 e. The van der Waals surface area contributed by atoms with Gasteiger partial charge in [-0.1, -0.05) is 23.7 Å². The van der Waals surface area contributed by atoms with Crippen molar-refractivity contribution in [1.82, 2.24) is 25.3 Å². The fourth-order valence-corrected chi connectivity index (χ4v) is 2.11. The highest BCUT2D eigenvalue weighted by Gasteiger charge is 2.08. The predicted octanol–water partition coefficient (Wildman–Crippen LogP) is 1.98. The summed E-state index contributed by atoms with van der Waals surface area (Å²) in [5.41, 5.74) is 2.10. The fraction of sp³-hybridized carbons (Fsp3) is 0.143. The molecule has 0 aliphatic rings. The molecule has 0 fully saturated rings. The Morgan fingerprint density at radius 2 is 2.10 bits per heavy atom. The maximum atomic E-state index is 11.9. The molecule has 0 aliphatic carbocycles. The van der Waals surface area contributed by atoms with Crippen molar-refractivity contribution in [3.63, 3.8) is 0 Å². The summed E-state index contributed by atoms with van der Waals surface area (Å²) < 4.78 is 0. The van der Waals surface area contributed by atoms with E-state index < -0.39 is 0 Å². The van der Waals surface area contributed by atoms with Crippen LogP contribution >= 0.6 is 11.6 Å². The van der Waals surface area contributed by atoms with Crippen LogP contribution in [0.15, 0.2) is 36.7 Å². The summed E-state index contributed by atoms with van der Waals surface area (Å²) in [5.74, 6) is 0.523. The van der Waals surface area contributed by atoms with Crippen molar-refractivity contribution >= 4 is 28.5 Å². The maximum absolute atomic E-state index is 11.9. The molecular weight excluding hydrogens is 290 g/mol. The zero-order chi connectivity index (χ0) is 14.7. The quantitative estimate of drug-likeness (QED) is 0.772. The molecule has 7 heteroatoms. The van der Waals surface area contributed by atoms with E-state index in [1.807, 2.05) is 24.3 Å². The molecule has 0 radical (unpaired) electrons. The lowest BCUT2D eigenvalue weighted by Crippen LogP contribution is -2.26. The van der Waals surface area contributed by atoms with E-state index in [1.165, 1.54) is 12.4 Å². The molecular formula is C14H12ClN5O. The average molecular weight is 302 g/mol. The Kier molecular flexibility index (Phi) is 3.79. The van der Waals surface area contributed by atoms with Crippen molar-refractivity contribution in [2.75, 3.05) is 6.54 Å². The van der Waals surface area contributed by atoms with Crippen molar-refractivity contribution in [2.24, 2.45) is 0 Å². The second-order valence-corrected chi connectivity index (χ2v) is 4.82. The first-order chi connectivity index (χ1) is 10.2. The Balaban J connectivity index is 1.59. The van der Waals surface area contributed by atoms with Gasteiger partial charge in [0.1, 0.15) is 16.7 Å². The number of hydrogen-bond acceptors (Lipinski definition) is 4. The van der Waals surface area contributed by atoms with Crippen LogP contribution in [0.25, 0.3) is 11.0 Å². The summed E-state index contributed by atoms with van der Waals surface area (Å²) in [6.07, 6.45) is 3.36. The minimum absolute atomic E-state index is 0.194. The van der Waals surface area contributed by atoms with Crippen molar-refractivity contribution in [2.45, 2.75) is 6.42 Å². The minimum atomic E-state index is -0.305. The molecule has 2 N–H and O–H groups in total. The number of hydrogen-bond donors (Lipinski definition) is 2. The predicted molar refractivity (Wildman–Crippen MR) is 79.2 cm³/mol. The molecule has 0 saturated heterocycles. The van der Waals surface area contributed by atoms with Crippen LogP contribution < -0.4 is 5.32 Å². The van der Waals surface area contributed by atoms with E-state index in [9.17, 15) is 4.79 Å². The molecule has 6 nitrogen and oxygen atoms in total. The first-order valence-electron chi connectivity index (χ1n) is 6.42. The molecule has 2 heterocycles. The lowest BCUT2D eigenvalue weighted by atomic mass is 10.3. The Labute approximate surface area is 125 Å². The number of aromatic nitrogens is 4. The molecule has 3 aromatic rings. The summed E-state index contributed by atoms with van der Waals surface area (Å²) in [6.45, 7) is 0.451. The van der Waals surface area contributed by atoms with Crippen LogP contribution in [0, 0.1) is 0 Å². The maximum Gasteiger partial charge on any atom is 0.271 e. The average Bonchev–Trinajstić information content (AvgIpc) is 2.89. The number of amides is 1. The third-order valence-electron chi connectivity index (χ3n) is 2.92. The largest absolute Gasteiger partial charge is 0.350 e. The number of para-hydroxylation sites is 2. The van der Waals surface area contributed by atoms with Gasteiger partial charge in [-0.2, -0.15) is 0 Å². The topological polar surface area (TPSA) is 83.6 Å².